The zero-order chi connectivity index (χ0) is 15.5. The van der Waals surface area contributed by atoms with Gasteiger partial charge in [-0.25, -0.2) is 4.98 Å². The molecular formula is C14H15F3N2OS. The van der Waals surface area contributed by atoms with Crippen molar-refractivity contribution in [1.29, 1.82) is 0 Å². The van der Waals surface area contributed by atoms with Gasteiger partial charge in [0.05, 0.1) is 5.56 Å². The molecular weight excluding hydrogens is 301 g/mol. The van der Waals surface area contributed by atoms with E-state index < -0.39 is 11.7 Å². The summed E-state index contributed by atoms with van der Waals surface area (Å²) in [4.78, 5) is 4.16. The van der Waals surface area contributed by atoms with Gasteiger partial charge in [-0.2, -0.15) is 13.2 Å². The third-order valence-corrected chi connectivity index (χ3v) is 3.74. The van der Waals surface area contributed by atoms with Crippen molar-refractivity contribution in [1.82, 2.24) is 4.98 Å². The van der Waals surface area contributed by atoms with E-state index in [4.69, 9.17) is 10.5 Å². The van der Waals surface area contributed by atoms with Gasteiger partial charge in [-0.15, -0.1) is 11.3 Å². The standard InChI is InChI=1S/C14H15F3N2OS/c1-9-8-21-13(19-9)7-20-12-3-2-10(4-5-18)6-11(12)14(15,16)17/h2-3,6,8H,4-5,7,18H2,1H3. The molecule has 0 aliphatic rings. The molecule has 1 aromatic carbocycles. The Kier molecular flexibility index (Phi) is 4.84. The Morgan fingerprint density at radius 2 is 2.10 bits per heavy atom. The third kappa shape index (κ3) is 4.18. The molecule has 0 saturated carbocycles. The van der Waals surface area contributed by atoms with Gasteiger partial charge in [0.2, 0.25) is 0 Å². The maximum atomic E-state index is 13.1. The number of aromatic nitrogens is 1. The number of rotatable bonds is 5. The molecule has 2 aromatic rings. The summed E-state index contributed by atoms with van der Waals surface area (Å²) in [5.74, 6) is -0.184. The van der Waals surface area contributed by atoms with Crippen molar-refractivity contribution in [3.8, 4) is 5.75 Å². The highest BCUT2D eigenvalue weighted by Gasteiger charge is 2.34. The van der Waals surface area contributed by atoms with Gasteiger partial charge >= 0.3 is 6.18 Å². The highest BCUT2D eigenvalue weighted by Crippen LogP contribution is 2.37. The Hall–Kier alpha value is -1.60. The third-order valence-electron chi connectivity index (χ3n) is 2.80. The molecule has 21 heavy (non-hydrogen) atoms. The lowest BCUT2D eigenvalue weighted by Crippen LogP contribution is -2.11. The lowest BCUT2D eigenvalue weighted by molar-refractivity contribution is -0.139. The van der Waals surface area contributed by atoms with Crippen molar-refractivity contribution in [2.24, 2.45) is 5.73 Å². The van der Waals surface area contributed by atoms with E-state index in [2.05, 4.69) is 4.98 Å². The van der Waals surface area contributed by atoms with E-state index >= 15 is 0 Å². The summed E-state index contributed by atoms with van der Waals surface area (Å²) in [5, 5.41) is 2.47. The number of nitrogens with two attached hydrogens (primary N) is 1. The van der Waals surface area contributed by atoms with Crippen LogP contribution in [0.4, 0.5) is 13.2 Å². The fourth-order valence-electron chi connectivity index (χ4n) is 1.86. The zero-order valence-electron chi connectivity index (χ0n) is 11.4. The molecule has 0 spiro atoms. The molecule has 0 fully saturated rings. The van der Waals surface area contributed by atoms with E-state index in [-0.39, 0.29) is 12.4 Å². The molecule has 114 valence electrons. The van der Waals surface area contributed by atoms with E-state index in [0.29, 0.717) is 23.5 Å². The molecule has 0 bridgehead atoms. The predicted octanol–water partition coefficient (Wildman–Crippen LogP) is 3.55. The van der Waals surface area contributed by atoms with Crippen LogP contribution in [0.15, 0.2) is 23.6 Å². The smallest absolute Gasteiger partial charge is 0.419 e. The second-order valence-corrected chi connectivity index (χ2v) is 5.48. The van der Waals surface area contributed by atoms with E-state index in [1.807, 2.05) is 12.3 Å². The fraction of sp³-hybridized carbons (Fsp3) is 0.357. The molecule has 0 unspecified atom stereocenters. The van der Waals surface area contributed by atoms with Crippen molar-refractivity contribution in [3.05, 3.63) is 45.4 Å². The summed E-state index contributed by atoms with van der Waals surface area (Å²) < 4.78 is 44.5. The SMILES string of the molecule is Cc1csc(COc2ccc(CCN)cc2C(F)(F)F)n1. The van der Waals surface area contributed by atoms with Crippen LogP contribution in [-0.2, 0) is 19.2 Å². The quantitative estimate of drug-likeness (QED) is 0.917. The van der Waals surface area contributed by atoms with Gasteiger partial charge in [0.15, 0.2) is 0 Å². The maximum Gasteiger partial charge on any atom is 0.419 e. The molecule has 1 heterocycles. The lowest BCUT2D eigenvalue weighted by Gasteiger charge is -2.14. The van der Waals surface area contributed by atoms with Gasteiger partial charge in [-0.1, -0.05) is 6.07 Å². The van der Waals surface area contributed by atoms with Crippen LogP contribution in [-0.4, -0.2) is 11.5 Å². The fourth-order valence-corrected chi connectivity index (χ4v) is 2.54. The molecule has 0 aliphatic carbocycles. The van der Waals surface area contributed by atoms with Crippen LogP contribution in [0, 0.1) is 6.92 Å². The summed E-state index contributed by atoms with van der Waals surface area (Å²) in [7, 11) is 0. The first-order chi connectivity index (χ1) is 9.90. The topological polar surface area (TPSA) is 48.1 Å². The van der Waals surface area contributed by atoms with Crippen LogP contribution in [0.3, 0.4) is 0 Å². The summed E-state index contributed by atoms with van der Waals surface area (Å²) in [5.41, 5.74) is 5.97. The largest absolute Gasteiger partial charge is 0.486 e. The normalized spacial score (nSPS) is 11.7. The Labute approximate surface area is 124 Å². The van der Waals surface area contributed by atoms with Gasteiger partial charge in [0.25, 0.3) is 0 Å². The Balaban J connectivity index is 2.21. The average Bonchev–Trinajstić information content (AvgIpc) is 2.82. The zero-order valence-corrected chi connectivity index (χ0v) is 12.2. The minimum absolute atomic E-state index is 0.0256. The number of aryl methyl sites for hydroxylation is 1. The summed E-state index contributed by atoms with van der Waals surface area (Å²) in [6.45, 7) is 2.15. The molecule has 1 aromatic heterocycles. The van der Waals surface area contributed by atoms with Crippen LogP contribution in [0.25, 0.3) is 0 Å². The monoisotopic (exact) mass is 316 g/mol. The number of benzene rings is 1. The highest BCUT2D eigenvalue weighted by atomic mass is 32.1. The molecule has 0 aliphatic heterocycles. The van der Waals surface area contributed by atoms with Crippen molar-refractivity contribution < 1.29 is 17.9 Å². The maximum absolute atomic E-state index is 13.1. The molecule has 0 saturated heterocycles. The van der Waals surface area contributed by atoms with E-state index in [1.54, 1.807) is 6.07 Å². The van der Waals surface area contributed by atoms with Gasteiger partial charge in [-0.05, 0) is 37.6 Å². The Morgan fingerprint density at radius 1 is 1.33 bits per heavy atom. The summed E-state index contributed by atoms with van der Waals surface area (Å²) in [6.07, 6.45) is -4.06. The molecule has 3 nitrogen and oxygen atoms in total. The second-order valence-electron chi connectivity index (χ2n) is 4.54. The van der Waals surface area contributed by atoms with Crippen LogP contribution in [0.1, 0.15) is 21.8 Å². The van der Waals surface area contributed by atoms with Gasteiger partial charge in [-0.3, -0.25) is 0 Å². The number of ether oxygens (including phenoxy) is 1. The van der Waals surface area contributed by atoms with Crippen molar-refractivity contribution in [2.45, 2.75) is 26.1 Å². The number of alkyl halides is 3. The van der Waals surface area contributed by atoms with E-state index in [1.165, 1.54) is 17.4 Å². The number of nitrogens with zero attached hydrogens (tertiary/aromatic N) is 1. The van der Waals surface area contributed by atoms with Crippen LogP contribution in [0.2, 0.25) is 0 Å². The molecule has 2 rings (SSSR count). The lowest BCUT2D eigenvalue weighted by atomic mass is 10.1. The summed E-state index contributed by atoms with van der Waals surface area (Å²) in [6, 6.07) is 4.04. The number of thiazole rings is 1. The van der Waals surface area contributed by atoms with Gasteiger partial charge in [0.1, 0.15) is 17.4 Å². The second kappa shape index (κ2) is 6.44. The molecule has 0 atom stereocenters. The highest BCUT2D eigenvalue weighted by molar-refractivity contribution is 7.09. The van der Waals surface area contributed by atoms with Crippen molar-refractivity contribution in [3.63, 3.8) is 0 Å². The first-order valence-electron chi connectivity index (χ1n) is 6.34. The Bertz CT molecular complexity index is 611. The van der Waals surface area contributed by atoms with Crippen molar-refractivity contribution >= 4 is 11.3 Å². The van der Waals surface area contributed by atoms with E-state index in [0.717, 1.165) is 11.8 Å². The van der Waals surface area contributed by atoms with Crippen molar-refractivity contribution in [2.75, 3.05) is 6.54 Å². The molecule has 7 heteroatoms. The molecule has 2 N–H and O–H groups in total. The van der Waals surface area contributed by atoms with Crippen LogP contribution >= 0.6 is 11.3 Å². The molecule has 0 amide bonds. The minimum atomic E-state index is -4.46. The van der Waals surface area contributed by atoms with Crippen LogP contribution < -0.4 is 10.5 Å². The Morgan fingerprint density at radius 3 is 2.67 bits per heavy atom. The first-order valence-corrected chi connectivity index (χ1v) is 7.22. The summed E-state index contributed by atoms with van der Waals surface area (Å²) >= 11 is 1.36. The van der Waals surface area contributed by atoms with Gasteiger partial charge < -0.3 is 10.5 Å². The van der Waals surface area contributed by atoms with Gasteiger partial charge in [0, 0.05) is 11.1 Å². The number of halogens is 3. The van der Waals surface area contributed by atoms with E-state index in [9.17, 15) is 13.2 Å². The number of hydrogen-bond acceptors (Lipinski definition) is 4. The first kappa shape index (κ1) is 15.8. The number of hydrogen-bond donors (Lipinski definition) is 1. The minimum Gasteiger partial charge on any atom is -0.486 e. The predicted molar refractivity (Wildman–Crippen MR) is 75.4 cm³/mol. The molecule has 0 radical (unpaired) electrons. The van der Waals surface area contributed by atoms with Crippen LogP contribution in [0.5, 0.6) is 5.75 Å². The average molecular weight is 316 g/mol.